The summed E-state index contributed by atoms with van der Waals surface area (Å²) in [5.74, 6) is -1.40. The minimum Gasteiger partial charge on any atom is -0.456 e. The van der Waals surface area contributed by atoms with Crippen LogP contribution in [0.2, 0.25) is 0 Å². The first kappa shape index (κ1) is 20.0. The van der Waals surface area contributed by atoms with Crippen molar-refractivity contribution in [2.24, 2.45) is 0 Å². The molecule has 1 N–H and O–H groups in total. The molecule has 0 saturated heterocycles. The van der Waals surface area contributed by atoms with Gasteiger partial charge in [-0.15, -0.1) is 0 Å². The van der Waals surface area contributed by atoms with Gasteiger partial charge in [0.25, 0.3) is 5.69 Å². The average molecular weight is 346 g/mol. The van der Waals surface area contributed by atoms with E-state index in [9.17, 15) is 19.7 Å². The van der Waals surface area contributed by atoms with Crippen molar-refractivity contribution in [1.82, 2.24) is 0 Å². The minimum absolute atomic E-state index is 0.0182. The number of nitro groups is 1. The van der Waals surface area contributed by atoms with Crippen molar-refractivity contribution in [3.63, 3.8) is 0 Å². The summed E-state index contributed by atoms with van der Waals surface area (Å²) in [6.45, 7) is 10.9. The molecule has 0 aliphatic carbocycles. The number of ketones is 1. The summed E-state index contributed by atoms with van der Waals surface area (Å²) in [5, 5.41) is 20.1. The van der Waals surface area contributed by atoms with Crippen molar-refractivity contribution < 1.29 is 24.4 Å². The van der Waals surface area contributed by atoms with Crippen molar-refractivity contribution in [3.05, 3.63) is 56.4 Å². The number of esters is 1. The number of benzene rings is 1. The molecule has 0 aromatic heterocycles. The third-order valence-electron chi connectivity index (χ3n) is 2.93. The van der Waals surface area contributed by atoms with E-state index < -0.39 is 34.6 Å². The maximum atomic E-state index is 12.2. The number of carbonyl (C=O) groups excluding carboxylic acids is 2. The topological polar surface area (TPSA) is 111 Å². The summed E-state index contributed by atoms with van der Waals surface area (Å²) < 4.78 is 5.20. The molecule has 0 fully saturated rings. The molecule has 1 aromatic carbocycles. The first-order chi connectivity index (χ1) is 11.6. The summed E-state index contributed by atoms with van der Waals surface area (Å²) in [4.78, 5) is 37.3. The molecule has 0 spiro atoms. The summed E-state index contributed by atoms with van der Waals surface area (Å²) in [5.41, 5.74) is -1.18. The maximum absolute atomic E-state index is 12.2. The van der Waals surface area contributed by atoms with Gasteiger partial charge in [0.05, 0.1) is 10.5 Å². The van der Waals surface area contributed by atoms with Gasteiger partial charge in [0, 0.05) is 11.6 Å². The molecule has 8 nitrogen and oxygen atoms in total. The Morgan fingerprint density at radius 1 is 1.40 bits per heavy atom. The number of carbonyl (C=O) groups is 2. The largest absolute Gasteiger partial charge is 0.456 e. The molecule has 0 radical (unpaired) electrons. The van der Waals surface area contributed by atoms with Gasteiger partial charge in [-0.25, -0.2) is 11.4 Å². The fraction of sp³-hybridized carbons (Fsp3) is 0.353. The molecule has 0 bridgehead atoms. The molecule has 25 heavy (non-hydrogen) atoms. The Morgan fingerprint density at radius 3 is 2.52 bits per heavy atom. The lowest BCUT2D eigenvalue weighted by Crippen LogP contribution is -2.25. The Labute approximate surface area is 144 Å². The molecule has 0 heterocycles. The Balaban J connectivity index is 3.37. The number of rotatable bonds is 6. The zero-order chi connectivity index (χ0) is 19.2. The zero-order valence-electron chi connectivity index (χ0n) is 14.1. The molecule has 0 unspecified atom stereocenters. The highest BCUT2D eigenvalue weighted by Crippen LogP contribution is 2.24. The van der Waals surface area contributed by atoms with Crippen LogP contribution in [0.1, 0.15) is 36.7 Å². The first-order valence-corrected chi connectivity index (χ1v) is 7.28. The van der Waals surface area contributed by atoms with E-state index in [0.29, 0.717) is 0 Å². The van der Waals surface area contributed by atoms with E-state index in [-0.39, 0.29) is 23.2 Å². The number of Topliss-reactive ketones (excluding diaryl/α,β-unsaturated/α-hetero) is 1. The van der Waals surface area contributed by atoms with Gasteiger partial charge in [-0.05, 0) is 32.9 Å². The smallest absolute Gasteiger partial charge is 0.342 e. The number of nitro benzene ring substituents is 1. The molecular formula is C17H18N2O6. The van der Waals surface area contributed by atoms with Crippen LogP contribution in [0.25, 0.3) is 10.9 Å². The number of ether oxygens (including phenoxy) is 1. The fourth-order valence-corrected chi connectivity index (χ4v) is 1.87. The lowest BCUT2D eigenvalue weighted by molar-refractivity contribution is -0.385. The second kappa shape index (κ2) is 8.17. The Hall–Kier alpha value is -3.05. The third kappa shape index (κ3) is 5.82. The van der Waals surface area contributed by atoms with Crippen molar-refractivity contribution in [3.8, 4) is 0 Å². The molecule has 0 atom stereocenters. The van der Waals surface area contributed by atoms with Gasteiger partial charge in [0.2, 0.25) is 6.54 Å². The van der Waals surface area contributed by atoms with Crippen LogP contribution in [0.5, 0.6) is 0 Å². The lowest BCUT2D eigenvalue weighted by atomic mass is 10.0. The summed E-state index contributed by atoms with van der Waals surface area (Å²) in [6, 6.07) is 3.62. The van der Waals surface area contributed by atoms with Crippen LogP contribution in [0.3, 0.4) is 0 Å². The van der Waals surface area contributed by atoms with E-state index in [0.717, 1.165) is 6.07 Å². The predicted molar refractivity (Wildman–Crippen MR) is 89.8 cm³/mol. The number of aliphatic hydroxyl groups is 1. The number of hydrogen-bond acceptors (Lipinski definition) is 6. The highest BCUT2D eigenvalue weighted by atomic mass is 16.6. The normalized spacial score (nSPS) is 11.6. The van der Waals surface area contributed by atoms with Crippen LogP contribution in [0.4, 0.5) is 5.69 Å². The molecule has 1 rings (SSSR count). The Bertz CT molecular complexity index is 768. The van der Waals surface area contributed by atoms with Gasteiger partial charge in [-0.3, -0.25) is 14.9 Å². The summed E-state index contributed by atoms with van der Waals surface area (Å²) >= 11 is 0. The fourth-order valence-electron chi connectivity index (χ4n) is 1.87. The molecule has 8 heteroatoms. The Morgan fingerprint density at radius 2 is 2.04 bits per heavy atom. The highest BCUT2D eigenvalue weighted by molar-refractivity contribution is 5.99. The van der Waals surface area contributed by atoms with Crippen molar-refractivity contribution >= 4 is 23.5 Å². The molecule has 1 aromatic rings. The van der Waals surface area contributed by atoms with Gasteiger partial charge in [-0.2, -0.15) is 0 Å². The lowest BCUT2D eigenvalue weighted by Gasteiger charge is -2.19. The monoisotopic (exact) mass is 346 g/mol. The van der Waals surface area contributed by atoms with Crippen LogP contribution in [0.15, 0.2) is 23.8 Å². The van der Waals surface area contributed by atoms with Gasteiger partial charge >= 0.3 is 5.97 Å². The van der Waals surface area contributed by atoms with Crippen LogP contribution < -0.4 is 0 Å². The van der Waals surface area contributed by atoms with Crippen LogP contribution in [-0.2, 0) is 9.53 Å². The molecule has 0 saturated carbocycles. The van der Waals surface area contributed by atoms with Crippen molar-refractivity contribution in [2.45, 2.75) is 26.4 Å². The van der Waals surface area contributed by atoms with Crippen molar-refractivity contribution in [1.29, 1.82) is 0 Å². The van der Waals surface area contributed by atoms with Gasteiger partial charge < -0.3 is 14.7 Å². The third-order valence-corrected chi connectivity index (χ3v) is 2.93. The summed E-state index contributed by atoms with van der Waals surface area (Å²) in [7, 11) is 0. The van der Waals surface area contributed by atoms with E-state index in [1.54, 1.807) is 20.8 Å². The van der Waals surface area contributed by atoms with Crippen LogP contribution in [-0.4, -0.2) is 40.5 Å². The van der Waals surface area contributed by atoms with Crippen molar-refractivity contribution in [2.75, 3.05) is 13.2 Å². The molecule has 0 amide bonds. The van der Waals surface area contributed by atoms with E-state index >= 15 is 0 Å². The quantitative estimate of drug-likeness (QED) is 0.211. The van der Waals surface area contributed by atoms with Crippen LogP contribution in [0, 0.1) is 16.7 Å². The van der Waals surface area contributed by atoms with Gasteiger partial charge in [0.1, 0.15) is 17.8 Å². The predicted octanol–water partition coefficient (Wildman–Crippen LogP) is 2.41. The first-order valence-electron chi connectivity index (χ1n) is 7.28. The van der Waals surface area contributed by atoms with Crippen LogP contribution >= 0.6 is 0 Å². The Kier molecular flexibility index (Phi) is 6.53. The number of nitrogens with zero attached hydrogens (tertiary/aromatic N) is 2. The average Bonchev–Trinajstić information content (AvgIpc) is 2.52. The second-order valence-corrected chi connectivity index (χ2v) is 6.10. The van der Waals surface area contributed by atoms with E-state index in [2.05, 4.69) is 4.85 Å². The molecule has 0 aliphatic heterocycles. The van der Waals surface area contributed by atoms with Gasteiger partial charge in [-0.1, -0.05) is 6.07 Å². The minimum atomic E-state index is -0.776. The second-order valence-electron chi connectivity index (χ2n) is 6.10. The number of hydrogen-bond donors (Lipinski definition) is 1. The van der Waals surface area contributed by atoms with E-state index in [1.165, 1.54) is 18.2 Å². The van der Waals surface area contributed by atoms with E-state index in [4.69, 9.17) is 16.4 Å². The molecule has 132 valence electrons. The maximum Gasteiger partial charge on any atom is 0.342 e. The zero-order valence-corrected chi connectivity index (χ0v) is 14.1. The molecular weight excluding hydrogens is 328 g/mol. The summed E-state index contributed by atoms with van der Waals surface area (Å²) in [6.07, 6.45) is 1.21. The standard InChI is InChI=1S/C17H18N2O6/c1-17(2,3)25-16(22)13(9-18-4)7-11-5-6-12(15(21)10-20)8-14(11)19(23)24/h5-8,20H,9-10H2,1-3H3/b13-7+. The van der Waals surface area contributed by atoms with E-state index in [1.807, 2.05) is 0 Å². The molecule has 0 aliphatic rings. The SMILES string of the molecule is [C-]#[N+]C/C(=C\c1ccc(C(=O)CO)cc1[N+](=O)[O-])C(=O)OC(C)(C)C. The highest BCUT2D eigenvalue weighted by Gasteiger charge is 2.23. The van der Waals surface area contributed by atoms with Gasteiger partial charge in [0.15, 0.2) is 5.78 Å². The number of aliphatic hydroxyl groups excluding tert-OH is 1.